The lowest BCUT2D eigenvalue weighted by Gasteiger charge is -2.30. The van der Waals surface area contributed by atoms with Crippen molar-refractivity contribution in [1.82, 2.24) is 0 Å². The van der Waals surface area contributed by atoms with E-state index in [0.717, 1.165) is 0 Å². The molecule has 0 unspecified atom stereocenters. The highest BCUT2D eigenvalue weighted by molar-refractivity contribution is 7.86. The van der Waals surface area contributed by atoms with Crippen molar-refractivity contribution in [2.45, 2.75) is 0 Å². The third kappa shape index (κ3) is 4.72. The van der Waals surface area contributed by atoms with Gasteiger partial charge in [-0.3, -0.25) is 0 Å². The van der Waals surface area contributed by atoms with Gasteiger partial charge in [0.15, 0.2) is 14.3 Å². The second kappa shape index (κ2) is 11.8. The summed E-state index contributed by atoms with van der Waals surface area (Å²) in [5.74, 6) is 1.17. The lowest BCUT2D eigenvalue weighted by molar-refractivity contribution is 0.214. The monoisotopic (exact) mass is 612 g/mol. The van der Waals surface area contributed by atoms with Crippen molar-refractivity contribution in [3.8, 4) is 22.6 Å². The minimum absolute atomic E-state index is 0.316. The molecular weight excluding hydrogens is 582 g/mol. The summed E-state index contributed by atoms with van der Waals surface area (Å²) in [5.41, 5.74) is 1.28. The molecule has 0 amide bonds. The maximum absolute atomic E-state index is 15.8. The third-order valence-electron chi connectivity index (χ3n) is 8.01. The Balaban J connectivity index is 1.61. The van der Waals surface area contributed by atoms with E-state index in [2.05, 4.69) is 0 Å². The third-order valence-corrected chi connectivity index (χ3v) is 14.2. The minimum atomic E-state index is -3.47. The van der Waals surface area contributed by atoms with E-state index < -0.39 is 14.3 Å². The van der Waals surface area contributed by atoms with Crippen LogP contribution in [-0.4, -0.2) is 13.2 Å². The molecule has 0 radical (unpaired) electrons. The van der Waals surface area contributed by atoms with Gasteiger partial charge in [0.05, 0.1) is 0 Å². The fourth-order valence-electron chi connectivity index (χ4n) is 6.02. The van der Waals surface area contributed by atoms with Crippen LogP contribution in [0.5, 0.6) is 11.5 Å². The quantitative estimate of drug-likeness (QED) is 0.204. The zero-order chi connectivity index (χ0) is 30.0. The van der Waals surface area contributed by atoms with E-state index in [1.54, 1.807) is 0 Å². The second-order valence-electron chi connectivity index (χ2n) is 10.6. The summed E-state index contributed by atoms with van der Waals surface area (Å²) in [6.45, 7) is 0.631. The average Bonchev–Trinajstić information content (AvgIpc) is 3.09. The molecule has 6 heteroatoms. The van der Waals surface area contributed by atoms with Crippen LogP contribution < -0.4 is 41.3 Å². The Morgan fingerprint density at radius 2 is 0.659 bits per heavy atom. The second-order valence-corrected chi connectivity index (χ2v) is 16.0. The summed E-state index contributed by atoms with van der Waals surface area (Å²) in [6.07, 6.45) is 0. The van der Waals surface area contributed by atoms with Gasteiger partial charge in [-0.05, 0) is 24.3 Å². The first-order chi connectivity index (χ1) is 21.6. The summed E-state index contributed by atoms with van der Waals surface area (Å²) >= 11 is 0. The highest BCUT2D eigenvalue weighted by Crippen LogP contribution is 2.52. The summed E-state index contributed by atoms with van der Waals surface area (Å²) < 4.78 is 44.3. The molecule has 44 heavy (non-hydrogen) atoms. The SMILES string of the molecule is O=P(c1ccccc1)(c1ccccc1)c1cccc2c1-c1c(cccc1P(=O)(c1ccccc1)c1ccccc1)OCCO2. The van der Waals surface area contributed by atoms with Gasteiger partial charge in [0.2, 0.25) is 0 Å². The van der Waals surface area contributed by atoms with Gasteiger partial charge in [-0.15, -0.1) is 0 Å². The van der Waals surface area contributed by atoms with Crippen LogP contribution in [0.2, 0.25) is 0 Å². The topological polar surface area (TPSA) is 52.6 Å². The largest absolute Gasteiger partial charge is 0.489 e. The molecule has 6 aromatic rings. The van der Waals surface area contributed by atoms with Crippen molar-refractivity contribution in [2.24, 2.45) is 0 Å². The molecule has 0 atom stereocenters. The Bertz CT molecular complexity index is 1780. The summed E-state index contributed by atoms with van der Waals surface area (Å²) in [7, 11) is -6.93. The Labute approximate surface area is 257 Å². The molecule has 0 saturated heterocycles. The van der Waals surface area contributed by atoms with E-state index in [9.17, 15) is 0 Å². The number of benzene rings is 6. The van der Waals surface area contributed by atoms with E-state index >= 15 is 9.13 Å². The molecule has 0 spiro atoms. The molecule has 0 bridgehead atoms. The molecule has 4 nitrogen and oxygen atoms in total. The van der Waals surface area contributed by atoms with Gasteiger partial charge in [-0.2, -0.15) is 0 Å². The standard InChI is InChI=1S/C38H30O4P2/c39-43(29-15-5-1-6-16-29,30-17-7-2-8-18-30)35-25-13-23-33-37(35)38-34(42-28-27-41-33)24-14-26-36(38)44(40,31-19-9-3-10-20-31)32-21-11-4-12-22-32/h1-26H,27-28H2. The van der Waals surface area contributed by atoms with Crippen LogP contribution in [0.15, 0.2) is 158 Å². The molecule has 7 rings (SSSR count). The van der Waals surface area contributed by atoms with E-state index in [1.165, 1.54) is 0 Å². The molecule has 6 aromatic carbocycles. The van der Waals surface area contributed by atoms with Crippen molar-refractivity contribution >= 4 is 46.1 Å². The average molecular weight is 613 g/mol. The molecule has 0 fully saturated rings. The molecule has 216 valence electrons. The highest BCUT2D eigenvalue weighted by Gasteiger charge is 2.39. The number of hydrogen-bond donors (Lipinski definition) is 0. The van der Waals surface area contributed by atoms with Crippen molar-refractivity contribution in [1.29, 1.82) is 0 Å². The van der Waals surface area contributed by atoms with Crippen molar-refractivity contribution in [3.63, 3.8) is 0 Å². The van der Waals surface area contributed by atoms with Gasteiger partial charge < -0.3 is 18.6 Å². The fourth-order valence-corrected chi connectivity index (χ4v) is 11.8. The van der Waals surface area contributed by atoms with E-state index in [0.29, 0.717) is 67.7 Å². The fraction of sp³-hybridized carbons (Fsp3) is 0.0526. The van der Waals surface area contributed by atoms with E-state index in [4.69, 9.17) is 9.47 Å². The van der Waals surface area contributed by atoms with Gasteiger partial charge in [0, 0.05) is 43.0 Å². The molecule has 0 aromatic heterocycles. The van der Waals surface area contributed by atoms with Gasteiger partial charge >= 0.3 is 0 Å². The zero-order valence-corrected chi connectivity index (χ0v) is 25.7. The van der Waals surface area contributed by atoms with Crippen molar-refractivity contribution in [2.75, 3.05) is 13.2 Å². The molecular formula is C38H30O4P2. The highest BCUT2D eigenvalue weighted by atomic mass is 31.2. The van der Waals surface area contributed by atoms with E-state index in [1.807, 2.05) is 158 Å². The van der Waals surface area contributed by atoms with Crippen LogP contribution in [0.3, 0.4) is 0 Å². The zero-order valence-electron chi connectivity index (χ0n) is 24.0. The van der Waals surface area contributed by atoms with Crippen molar-refractivity contribution in [3.05, 3.63) is 158 Å². The van der Waals surface area contributed by atoms with Crippen LogP contribution in [-0.2, 0) is 9.13 Å². The van der Waals surface area contributed by atoms with Crippen LogP contribution in [0.4, 0.5) is 0 Å². The lowest BCUT2D eigenvalue weighted by Crippen LogP contribution is -2.31. The number of hydrogen-bond acceptors (Lipinski definition) is 4. The van der Waals surface area contributed by atoms with E-state index in [-0.39, 0.29) is 0 Å². The Morgan fingerprint density at radius 1 is 0.364 bits per heavy atom. The number of rotatable bonds is 6. The maximum Gasteiger partial charge on any atom is 0.171 e. The first kappa shape index (κ1) is 28.2. The van der Waals surface area contributed by atoms with Crippen LogP contribution in [0.25, 0.3) is 11.1 Å². The number of fused-ring (bicyclic) bond motifs is 3. The molecule has 1 aliphatic rings. The van der Waals surface area contributed by atoms with Gasteiger partial charge in [0.25, 0.3) is 0 Å². The predicted molar refractivity (Wildman–Crippen MR) is 182 cm³/mol. The first-order valence-electron chi connectivity index (χ1n) is 14.6. The maximum atomic E-state index is 15.8. The normalized spacial score (nSPS) is 12.9. The lowest BCUT2D eigenvalue weighted by atomic mass is 10.0. The Hall–Kier alpha value is -4.62. The summed E-state index contributed by atoms with van der Waals surface area (Å²) in [4.78, 5) is 0. The van der Waals surface area contributed by atoms with Gasteiger partial charge in [-0.25, -0.2) is 0 Å². The molecule has 0 aliphatic carbocycles. The number of ether oxygens (including phenoxy) is 2. The van der Waals surface area contributed by atoms with Crippen molar-refractivity contribution < 1.29 is 18.6 Å². The smallest absolute Gasteiger partial charge is 0.171 e. The molecule has 0 saturated carbocycles. The first-order valence-corrected chi connectivity index (χ1v) is 18.0. The van der Waals surface area contributed by atoms with Crippen LogP contribution >= 0.6 is 14.3 Å². The van der Waals surface area contributed by atoms with Crippen LogP contribution in [0.1, 0.15) is 0 Å². The minimum Gasteiger partial charge on any atom is -0.489 e. The van der Waals surface area contributed by atoms with Crippen LogP contribution in [0, 0.1) is 0 Å². The Kier molecular flexibility index (Phi) is 7.56. The summed E-state index contributed by atoms with van der Waals surface area (Å²) in [5, 5.41) is 4.04. The Morgan fingerprint density at radius 3 is 0.955 bits per heavy atom. The predicted octanol–water partition coefficient (Wildman–Crippen LogP) is 6.40. The van der Waals surface area contributed by atoms with Gasteiger partial charge in [-0.1, -0.05) is 133 Å². The van der Waals surface area contributed by atoms with Gasteiger partial charge in [0.1, 0.15) is 24.7 Å². The molecule has 1 heterocycles. The summed E-state index contributed by atoms with van der Waals surface area (Å²) in [6, 6.07) is 49.8. The molecule has 1 aliphatic heterocycles. The molecule has 0 N–H and O–H groups in total.